The lowest BCUT2D eigenvalue weighted by molar-refractivity contribution is 0.0926. The number of carbonyl (C=O) groups excluding carboxylic acids is 2. The van der Waals surface area contributed by atoms with Crippen LogP contribution in [0, 0.1) is 13.8 Å². The summed E-state index contributed by atoms with van der Waals surface area (Å²) in [6.45, 7) is 3.85. The SMILES string of the molecule is Cc1cccc(N2C(=O)c3ccc(C)cc3C2=O)c1. The first kappa shape index (κ1) is 11.7. The van der Waals surface area contributed by atoms with Gasteiger partial charge in [0.05, 0.1) is 16.8 Å². The van der Waals surface area contributed by atoms with Gasteiger partial charge >= 0.3 is 0 Å². The van der Waals surface area contributed by atoms with Crippen LogP contribution >= 0.6 is 0 Å². The maximum absolute atomic E-state index is 12.4. The fourth-order valence-electron chi connectivity index (χ4n) is 2.36. The van der Waals surface area contributed by atoms with Gasteiger partial charge in [-0.05, 0) is 43.7 Å². The number of aryl methyl sites for hydroxylation is 2. The maximum Gasteiger partial charge on any atom is 0.266 e. The summed E-state index contributed by atoms with van der Waals surface area (Å²) in [7, 11) is 0. The van der Waals surface area contributed by atoms with Crippen LogP contribution in [-0.4, -0.2) is 11.8 Å². The molecule has 2 aromatic rings. The van der Waals surface area contributed by atoms with Gasteiger partial charge in [-0.3, -0.25) is 9.59 Å². The van der Waals surface area contributed by atoms with Gasteiger partial charge in [0.1, 0.15) is 0 Å². The van der Waals surface area contributed by atoms with Gasteiger partial charge in [0.25, 0.3) is 11.8 Å². The van der Waals surface area contributed by atoms with E-state index >= 15 is 0 Å². The predicted molar refractivity (Wildman–Crippen MR) is 73.5 cm³/mol. The Hall–Kier alpha value is -2.42. The van der Waals surface area contributed by atoms with Crippen LogP contribution in [-0.2, 0) is 0 Å². The summed E-state index contributed by atoms with van der Waals surface area (Å²) in [4.78, 5) is 26.0. The zero-order chi connectivity index (χ0) is 13.6. The molecule has 2 aromatic carbocycles. The summed E-state index contributed by atoms with van der Waals surface area (Å²) < 4.78 is 0. The van der Waals surface area contributed by atoms with Crippen LogP contribution in [0.1, 0.15) is 31.8 Å². The van der Waals surface area contributed by atoms with Gasteiger partial charge in [-0.1, -0.05) is 23.8 Å². The highest BCUT2D eigenvalue weighted by molar-refractivity contribution is 6.34. The van der Waals surface area contributed by atoms with Crippen LogP contribution in [0.25, 0.3) is 0 Å². The van der Waals surface area contributed by atoms with Crippen molar-refractivity contribution < 1.29 is 9.59 Å². The monoisotopic (exact) mass is 251 g/mol. The number of hydrogen-bond donors (Lipinski definition) is 0. The highest BCUT2D eigenvalue weighted by Gasteiger charge is 2.36. The van der Waals surface area contributed by atoms with Crippen molar-refractivity contribution in [2.45, 2.75) is 13.8 Å². The fraction of sp³-hybridized carbons (Fsp3) is 0.125. The average Bonchev–Trinajstić information content (AvgIpc) is 2.61. The maximum atomic E-state index is 12.4. The molecule has 0 N–H and O–H groups in total. The average molecular weight is 251 g/mol. The molecular formula is C16H13NO2. The molecule has 0 fully saturated rings. The van der Waals surface area contributed by atoms with E-state index in [4.69, 9.17) is 0 Å². The Morgan fingerprint density at radius 1 is 0.789 bits per heavy atom. The van der Waals surface area contributed by atoms with Crippen LogP contribution in [0.2, 0.25) is 0 Å². The number of hydrogen-bond acceptors (Lipinski definition) is 2. The molecule has 1 heterocycles. The zero-order valence-electron chi connectivity index (χ0n) is 10.8. The van der Waals surface area contributed by atoms with E-state index in [9.17, 15) is 9.59 Å². The molecular weight excluding hydrogens is 238 g/mol. The smallest absolute Gasteiger partial charge is 0.266 e. The van der Waals surface area contributed by atoms with Gasteiger partial charge in [-0.2, -0.15) is 0 Å². The molecule has 0 atom stereocenters. The Kier molecular flexibility index (Phi) is 2.49. The minimum atomic E-state index is -0.245. The first-order valence-electron chi connectivity index (χ1n) is 6.14. The predicted octanol–water partition coefficient (Wildman–Crippen LogP) is 3.10. The molecule has 0 spiro atoms. The molecule has 94 valence electrons. The molecule has 0 bridgehead atoms. The van der Waals surface area contributed by atoms with Gasteiger partial charge in [-0.15, -0.1) is 0 Å². The number of imide groups is 1. The number of fused-ring (bicyclic) bond motifs is 1. The standard InChI is InChI=1S/C16H13NO2/c1-10-4-3-5-12(8-10)17-15(18)13-7-6-11(2)9-14(13)16(17)19/h3-9H,1-2H3. The second-order valence-corrected chi connectivity index (χ2v) is 4.83. The van der Waals surface area contributed by atoms with E-state index in [0.717, 1.165) is 11.1 Å². The summed E-state index contributed by atoms with van der Waals surface area (Å²) in [5, 5.41) is 0. The lowest BCUT2D eigenvalue weighted by atomic mass is 10.1. The molecule has 0 aromatic heterocycles. The zero-order valence-corrected chi connectivity index (χ0v) is 10.8. The van der Waals surface area contributed by atoms with Gasteiger partial charge in [0.2, 0.25) is 0 Å². The van der Waals surface area contributed by atoms with Crippen molar-refractivity contribution in [1.82, 2.24) is 0 Å². The Labute approximate surface area is 111 Å². The summed E-state index contributed by atoms with van der Waals surface area (Å²) in [5.41, 5.74) is 3.60. The molecule has 0 aliphatic carbocycles. The van der Waals surface area contributed by atoms with Crippen molar-refractivity contribution in [3.8, 4) is 0 Å². The lowest BCUT2D eigenvalue weighted by Gasteiger charge is -2.14. The van der Waals surface area contributed by atoms with E-state index in [0.29, 0.717) is 16.8 Å². The Morgan fingerprint density at radius 3 is 2.21 bits per heavy atom. The molecule has 3 nitrogen and oxygen atoms in total. The number of rotatable bonds is 1. The summed E-state index contributed by atoms with van der Waals surface area (Å²) in [6, 6.07) is 12.7. The number of benzene rings is 2. The lowest BCUT2D eigenvalue weighted by Crippen LogP contribution is -2.29. The number of carbonyl (C=O) groups is 2. The van der Waals surface area contributed by atoms with Gasteiger partial charge in [0.15, 0.2) is 0 Å². The molecule has 19 heavy (non-hydrogen) atoms. The van der Waals surface area contributed by atoms with E-state index in [1.165, 1.54) is 4.90 Å². The Bertz CT molecular complexity index is 704. The quantitative estimate of drug-likeness (QED) is 0.730. The molecule has 0 saturated carbocycles. The van der Waals surface area contributed by atoms with E-state index < -0.39 is 0 Å². The van der Waals surface area contributed by atoms with Crippen molar-refractivity contribution in [1.29, 1.82) is 0 Å². The van der Waals surface area contributed by atoms with Crippen LogP contribution in [0.5, 0.6) is 0 Å². The van der Waals surface area contributed by atoms with E-state index in [2.05, 4.69) is 0 Å². The van der Waals surface area contributed by atoms with Gasteiger partial charge in [0, 0.05) is 0 Å². The Balaban J connectivity index is 2.13. The normalized spacial score (nSPS) is 13.9. The highest BCUT2D eigenvalue weighted by atomic mass is 16.2. The van der Waals surface area contributed by atoms with Crippen LogP contribution in [0.15, 0.2) is 42.5 Å². The summed E-state index contributed by atoms with van der Waals surface area (Å²) in [5.74, 6) is -0.486. The minimum Gasteiger partial charge on any atom is -0.268 e. The van der Waals surface area contributed by atoms with Crippen molar-refractivity contribution in [2.75, 3.05) is 4.90 Å². The highest BCUT2D eigenvalue weighted by Crippen LogP contribution is 2.29. The number of nitrogens with zero attached hydrogens (tertiary/aromatic N) is 1. The second-order valence-electron chi connectivity index (χ2n) is 4.83. The molecule has 0 saturated heterocycles. The number of amides is 2. The van der Waals surface area contributed by atoms with E-state index in [1.54, 1.807) is 18.2 Å². The topological polar surface area (TPSA) is 37.4 Å². The third-order valence-corrected chi connectivity index (χ3v) is 3.30. The summed E-state index contributed by atoms with van der Waals surface area (Å²) in [6.07, 6.45) is 0. The first-order chi connectivity index (χ1) is 9.08. The van der Waals surface area contributed by atoms with Crippen molar-refractivity contribution in [3.05, 3.63) is 64.7 Å². The van der Waals surface area contributed by atoms with E-state index in [1.807, 2.05) is 38.1 Å². The first-order valence-corrected chi connectivity index (χ1v) is 6.14. The molecule has 3 heteroatoms. The summed E-state index contributed by atoms with van der Waals surface area (Å²) >= 11 is 0. The molecule has 0 radical (unpaired) electrons. The van der Waals surface area contributed by atoms with Crippen molar-refractivity contribution >= 4 is 17.5 Å². The molecule has 2 amide bonds. The molecule has 1 aliphatic rings. The van der Waals surface area contributed by atoms with Crippen LogP contribution in [0.4, 0.5) is 5.69 Å². The van der Waals surface area contributed by atoms with E-state index in [-0.39, 0.29) is 11.8 Å². The third-order valence-electron chi connectivity index (χ3n) is 3.30. The fourth-order valence-corrected chi connectivity index (χ4v) is 2.36. The Morgan fingerprint density at radius 2 is 1.47 bits per heavy atom. The molecule has 1 aliphatic heterocycles. The second kappa shape index (κ2) is 4.05. The van der Waals surface area contributed by atoms with Gasteiger partial charge < -0.3 is 0 Å². The third kappa shape index (κ3) is 1.74. The molecule has 3 rings (SSSR count). The molecule has 0 unspecified atom stereocenters. The van der Waals surface area contributed by atoms with Crippen LogP contribution < -0.4 is 4.90 Å². The number of anilines is 1. The van der Waals surface area contributed by atoms with Crippen molar-refractivity contribution in [2.24, 2.45) is 0 Å². The van der Waals surface area contributed by atoms with Gasteiger partial charge in [-0.25, -0.2) is 4.90 Å². The van der Waals surface area contributed by atoms with Crippen LogP contribution in [0.3, 0.4) is 0 Å². The largest absolute Gasteiger partial charge is 0.268 e. The van der Waals surface area contributed by atoms with Crippen molar-refractivity contribution in [3.63, 3.8) is 0 Å². The minimum absolute atomic E-state index is 0.241.